The van der Waals surface area contributed by atoms with Crippen molar-refractivity contribution < 1.29 is 9.21 Å². The number of benzene rings is 2. The van der Waals surface area contributed by atoms with Crippen LogP contribution in [-0.2, 0) is 11.3 Å². The Morgan fingerprint density at radius 2 is 1.81 bits per heavy atom. The van der Waals surface area contributed by atoms with Gasteiger partial charge in [0.1, 0.15) is 11.5 Å². The number of hydrogen-bond donors (Lipinski definition) is 1. The zero-order valence-corrected chi connectivity index (χ0v) is 18.7. The van der Waals surface area contributed by atoms with Crippen molar-refractivity contribution in [3.05, 3.63) is 77.6 Å². The number of piperidine rings is 1. The summed E-state index contributed by atoms with van der Waals surface area (Å²) in [6, 6.07) is 20.8. The monoisotopic (exact) mass is 416 g/mol. The Morgan fingerprint density at radius 3 is 2.52 bits per heavy atom. The van der Waals surface area contributed by atoms with Crippen LogP contribution in [-0.4, -0.2) is 23.9 Å². The van der Waals surface area contributed by atoms with Crippen LogP contribution < -0.4 is 5.32 Å². The van der Waals surface area contributed by atoms with Gasteiger partial charge in [0.25, 0.3) is 0 Å². The molecule has 31 heavy (non-hydrogen) atoms. The Kier molecular flexibility index (Phi) is 6.57. The molecule has 4 rings (SSSR count). The highest BCUT2D eigenvalue weighted by Gasteiger charge is 2.22. The Balaban J connectivity index is 1.35. The molecule has 1 aromatic heterocycles. The molecule has 0 saturated carbocycles. The minimum Gasteiger partial charge on any atom is -0.461 e. The van der Waals surface area contributed by atoms with E-state index >= 15 is 0 Å². The first-order valence-electron chi connectivity index (χ1n) is 11.3. The fourth-order valence-electron chi connectivity index (χ4n) is 4.24. The summed E-state index contributed by atoms with van der Waals surface area (Å²) in [5.74, 6) is 2.55. The molecular weight excluding hydrogens is 384 g/mol. The number of carbonyl (C=O) groups is 1. The quantitative estimate of drug-likeness (QED) is 0.518. The summed E-state index contributed by atoms with van der Waals surface area (Å²) in [5.41, 5.74) is 4.63. The van der Waals surface area contributed by atoms with Crippen molar-refractivity contribution in [3.8, 4) is 11.3 Å². The number of nitrogens with zero attached hydrogens (tertiary/aromatic N) is 1. The van der Waals surface area contributed by atoms with Gasteiger partial charge in [0.2, 0.25) is 5.91 Å². The molecule has 1 fully saturated rings. The number of furan rings is 1. The van der Waals surface area contributed by atoms with E-state index in [-0.39, 0.29) is 11.8 Å². The molecular formula is C27H32N2O2. The molecule has 2 heterocycles. The average molecular weight is 417 g/mol. The van der Waals surface area contributed by atoms with Crippen LogP contribution in [0.2, 0.25) is 0 Å². The molecule has 4 heteroatoms. The molecule has 1 aliphatic heterocycles. The summed E-state index contributed by atoms with van der Waals surface area (Å²) in [5, 5.41) is 3.02. The summed E-state index contributed by atoms with van der Waals surface area (Å²) in [4.78, 5) is 14.5. The number of likely N-dealkylation sites (tertiary alicyclic amines) is 1. The number of aryl methyl sites for hydroxylation is 1. The van der Waals surface area contributed by atoms with Gasteiger partial charge < -0.3 is 9.73 Å². The molecule has 3 aromatic rings. The summed E-state index contributed by atoms with van der Waals surface area (Å²) in [6.07, 6.45) is 2.26. The third kappa shape index (κ3) is 5.26. The minimum atomic E-state index is -0.0133. The molecule has 0 unspecified atom stereocenters. The fourth-order valence-corrected chi connectivity index (χ4v) is 4.24. The molecule has 1 aliphatic rings. The van der Waals surface area contributed by atoms with E-state index in [2.05, 4.69) is 53.5 Å². The van der Waals surface area contributed by atoms with Gasteiger partial charge in [0.05, 0.1) is 0 Å². The largest absolute Gasteiger partial charge is 0.461 e. The van der Waals surface area contributed by atoms with Gasteiger partial charge in [-0.3, -0.25) is 9.69 Å². The first-order chi connectivity index (χ1) is 15.0. The van der Waals surface area contributed by atoms with Crippen molar-refractivity contribution in [2.24, 2.45) is 5.92 Å². The lowest BCUT2D eigenvalue weighted by molar-refractivity contribution is -0.118. The van der Waals surface area contributed by atoms with Crippen LogP contribution in [0.3, 0.4) is 0 Å². The highest BCUT2D eigenvalue weighted by Crippen LogP contribution is 2.32. The highest BCUT2D eigenvalue weighted by atomic mass is 16.3. The molecule has 0 radical (unpaired) electrons. The van der Waals surface area contributed by atoms with E-state index in [0.717, 1.165) is 55.2 Å². The summed E-state index contributed by atoms with van der Waals surface area (Å²) in [6.45, 7) is 8.96. The molecule has 0 bridgehead atoms. The number of anilines is 1. The maximum atomic E-state index is 12.0. The van der Waals surface area contributed by atoms with Gasteiger partial charge in [-0.1, -0.05) is 56.3 Å². The van der Waals surface area contributed by atoms with Crippen molar-refractivity contribution in [3.63, 3.8) is 0 Å². The molecule has 4 nitrogen and oxygen atoms in total. The van der Waals surface area contributed by atoms with Crippen molar-refractivity contribution in [1.82, 2.24) is 4.90 Å². The first kappa shape index (κ1) is 21.4. The molecule has 0 atom stereocenters. The van der Waals surface area contributed by atoms with E-state index in [9.17, 15) is 4.79 Å². The fraction of sp³-hybridized carbons (Fsp3) is 0.370. The molecule has 1 saturated heterocycles. The number of rotatable bonds is 6. The van der Waals surface area contributed by atoms with Gasteiger partial charge >= 0.3 is 0 Å². The predicted molar refractivity (Wildman–Crippen MR) is 126 cm³/mol. The van der Waals surface area contributed by atoms with Gasteiger partial charge in [-0.15, -0.1) is 0 Å². The van der Waals surface area contributed by atoms with Crippen molar-refractivity contribution >= 4 is 11.6 Å². The Hall–Kier alpha value is -2.85. The summed E-state index contributed by atoms with van der Waals surface area (Å²) < 4.78 is 6.03. The van der Waals surface area contributed by atoms with E-state index in [1.807, 2.05) is 38.1 Å². The topological polar surface area (TPSA) is 45.5 Å². The third-order valence-corrected chi connectivity index (χ3v) is 6.21. The van der Waals surface area contributed by atoms with Crippen molar-refractivity contribution in [2.45, 2.75) is 46.1 Å². The van der Waals surface area contributed by atoms with Crippen LogP contribution in [0.4, 0.5) is 5.69 Å². The predicted octanol–water partition coefficient (Wildman–Crippen LogP) is 6.23. The van der Waals surface area contributed by atoms with Crippen LogP contribution >= 0.6 is 0 Å². The molecule has 0 spiro atoms. The number of amides is 1. The smallest absolute Gasteiger partial charge is 0.226 e. The Bertz CT molecular complexity index is 1010. The summed E-state index contributed by atoms with van der Waals surface area (Å²) in [7, 11) is 0. The molecule has 1 N–H and O–H groups in total. The van der Waals surface area contributed by atoms with Crippen LogP contribution in [0.25, 0.3) is 11.3 Å². The average Bonchev–Trinajstić information content (AvgIpc) is 3.15. The zero-order chi connectivity index (χ0) is 21.8. The first-order valence-corrected chi connectivity index (χ1v) is 11.3. The highest BCUT2D eigenvalue weighted by molar-refractivity contribution is 5.92. The number of carbonyl (C=O) groups excluding carboxylic acids is 1. The summed E-state index contributed by atoms with van der Waals surface area (Å²) >= 11 is 0. The minimum absolute atomic E-state index is 0.0133. The van der Waals surface area contributed by atoms with Crippen LogP contribution in [0.15, 0.2) is 65.1 Å². The van der Waals surface area contributed by atoms with E-state index < -0.39 is 0 Å². The van der Waals surface area contributed by atoms with Gasteiger partial charge in [0.15, 0.2) is 0 Å². The van der Waals surface area contributed by atoms with E-state index in [1.54, 1.807) is 0 Å². The standard InChI is InChI=1S/C27H32N2O2/c1-19(2)27(30)28-25-11-7-10-23(16-25)21-12-14-29(15-13-21)18-24-17-26(31-20(24)3)22-8-5-4-6-9-22/h4-11,16-17,19,21H,12-15,18H2,1-3H3,(H,28,30). The lowest BCUT2D eigenvalue weighted by Gasteiger charge is -2.32. The number of hydrogen-bond acceptors (Lipinski definition) is 3. The normalized spacial score (nSPS) is 15.4. The van der Waals surface area contributed by atoms with E-state index in [4.69, 9.17) is 4.42 Å². The van der Waals surface area contributed by atoms with Crippen molar-refractivity contribution in [2.75, 3.05) is 18.4 Å². The SMILES string of the molecule is Cc1oc(-c2ccccc2)cc1CN1CCC(c2cccc(NC(=O)C(C)C)c2)CC1. The lowest BCUT2D eigenvalue weighted by Crippen LogP contribution is -2.32. The Morgan fingerprint density at radius 1 is 1.06 bits per heavy atom. The van der Waals surface area contributed by atoms with Crippen LogP contribution in [0.5, 0.6) is 0 Å². The van der Waals surface area contributed by atoms with Gasteiger partial charge in [-0.2, -0.15) is 0 Å². The molecule has 0 aliphatic carbocycles. The number of nitrogens with one attached hydrogen (secondary N) is 1. The van der Waals surface area contributed by atoms with E-state index in [1.165, 1.54) is 11.1 Å². The third-order valence-electron chi connectivity index (χ3n) is 6.21. The van der Waals surface area contributed by atoms with Crippen LogP contribution in [0.1, 0.15) is 49.5 Å². The maximum Gasteiger partial charge on any atom is 0.226 e. The van der Waals surface area contributed by atoms with E-state index in [0.29, 0.717) is 5.92 Å². The van der Waals surface area contributed by atoms with Gasteiger partial charge in [0, 0.05) is 29.3 Å². The van der Waals surface area contributed by atoms with Gasteiger partial charge in [-0.05, 0) is 62.5 Å². The molecule has 1 amide bonds. The van der Waals surface area contributed by atoms with Crippen LogP contribution in [0, 0.1) is 12.8 Å². The lowest BCUT2D eigenvalue weighted by atomic mass is 9.89. The Labute approximate surface area is 185 Å². The second-order valence-corrected chi connectivity index (χ2v) is 8.88. The molecule has 2 aromatic carbocycles. The second kappa shape index (κ2) is 9.52. The van der Waals surface area contributed by atoms with Gasteiger partial charge in [-0.25, -0.2) is 0 Å². The van der Waals surface area contributed by atoms with Crippen molar-refractivity contribution in [1.29, 1.82) is 0 Å². The zero-order valence-electron chi connectivity index (χ0n) is 18.7. The second-order valence-electron chi connectivity index (χ2n) is 8.88. The maximum absolute atomic E-state index is 12.0. The molecule has 162 valence electrons.